The molecule has 1 atom stereocenters. The molecule has 0 fully saturated rings. The van der Waals surface area contributed by atoms with Crippen molar-refractivity contribution in [2.75, 3.05) is 12.4 Å². The van der Waals surface area contributed by atoms with Crippen LogP contribution in [0, 0.1) is 5.41 Å². The smallest absolute Gasteiger partial charge is 0.229 e. The number of aliphatic hydroxyl groups is 1. The van der Waals surface area contributed by atoms with Crippen LogP contribution in [0.15, 0.2) is 34.8 Å². The van der Waals surface area contributed by atoms with Crippen molar-refractivity contribution in [2.45, 2.75) is 27.1 Å². The van der Waals surface area contributed by atoms with Crippen LogP contribution in [0.1, 0.15) is 32.6 Å². The van der Waals surface area contributed by atoms with Crippen LogP contribution >= 0.6 is 15.9 Å². The Morgan fingerprint density at radius 1 is 1.28 bits per heavy atom. The second-order valence-corrected chi connectivity index (χ2v) is 7.69. The Balaban J connectivity index is 2.12. The number of carbonyl (C=O) groups is 1. The number of rotatable bonds is 2. The van der Waals surface area contributed by atoms with E-state index in [4.69, 9.17) is 9.47 Å². The Bertz CT molecular complexity index is 842. The lowest BCUT2D eigenvalue weighted by Crippen LogP contribution is -2.28. The summed E-state index contributed by atoms with van der Waals surface area (Å²) in [6.07, 6.45) is -1.14. The molecule has 5 nitrogen and oxygen atoms in total. The number of halogens is 1. The summed E-state index contributed by atoms with van der Waals surface area (Å²) < 4.78 is 11.7. The molecule has 2 N–H and O–H groups in total. The number of ether oxygens (including phenoxy) is 2. The van der Waals surface area contributed by atoms with Crippen LogP contribution < -0.4 is 14.8 Å². The van der Waals surface area contributed by atoms with E-state index >= 15 is 0 Å². The molecule has 1 unspecified atom stereocenters. The number of hydrogen-bond acceptors (Lipinski definition) is 4. The quantitative estimate of drug-likeness (QED) is 0.771. The van der Waals surface area contributed by atoms with Gasteiger partial charge in [0, 0.05) is 11.0 Å². The van der Waals surface area contributed by atoms with Crippen molar-refractivity contribution in [3.05, 3.63) is 40.4 Å². The first-order valence-electron chi connectivity index (χ1n) is 7.90. The third-order valence-corrected chi connectivity index (χ3v) is 4.93. The zero-order valence-electron chi connectivity index (χ0n) is 14.5. The number of nitrogens with one attached hydrogen (secondary N) is 1. The van der Waals surface area contributed by atoms with E-state index in [1.165, 1.54) is 0 Å². The van der Waals surface area contributed by atoms with E-state index in [2.05, 4.69) is 21.2 Å². The van der Waals surface area contributed by atoms with Crippen molar-refractivity contribution >= 4 is 27.5 Å². The molecule has 0 spiro atoms. The van der Waals surface area contributed by atoms with E-state index in [9.17, 15) is 9.90 Å². The van der Waals surface area contributed by atoms with Gasteiger partial charge in [0.15, 0.2) is 0 Å². The third-order valence-electron chi connectivity index (χ3n) is 4.07. The minimum Gasteiger partial charge on any atom is -0.496 e. The van der Waals surface area contributed by atoms with Gasteiger partial charge in [0.05, 0.1) is 22.8 Å². The van der Waals surface area contributed by atoms with Crippen molar-refractivity contribution in [3.8, 4) is 22.6 Å². The molecule has 2 aromatic carbocycles. The lowest BCUT2D eigenvalue weighted by atomic mass is 9.93. The van der Waals surface area contributed by atoms with Crippen molar-refractivity contribution in [3.63, 3.8) is 0 Å². The van der Waals surface area contributed by atoms with Gasteiger partial charge in [-0.3, -0.25) is 4.79 Å². The first kappa shape index (κ1) is 17.8. The average molecular weight is 406 g/mol. The van der Waals surface area contributed by atoms with Gasteiger partial charge >= 0.3 is 0 Å². The van der Waals surface area contributed by atoms with Gasteiger partial charge in [0.1, 0.15) is 11.5 Å². The van der Waals surface area contributed by atoms with Crippen LogP contribution in [-0.4, -0.2) is 18.1 Å². The van der Waals surface area contributed by atoms with Gasteiger partial charge in [0.2, 0.25) is 12.2 Å². The van der Waals surface area contributed by atoms with E-state index in [0.717, 1.165) is 11.1 Å². The summed E-state index contributed by atoms with van der Waals surface area (Å²) in [4.78, 5) is 12.3. The number of amides is 1. The van der Waals surface area contributed by atoms with Gasteiger partial charge < -0.3 is 19.9 Å². The summed E-state index contributed by atoms with van der Waals surface area (Å²) in [6.45, 7) is 5.52. The number of methoxy groups -OCH3 is 1. The molecule has 1 amide bonds. The zero-order chi connectivity index (χ0) is 18.4. The maximum Gasteiger partial charge on any atom is 0.229 e. The monoisotopic (exact) mass is 405 g/mol. The number of carbonyl (C=O) groups excluding carboxylic acids is 1. The van der Waals surface area contributed by atoms with E-state index in [1.807, 2.05) is 39.0 Å². The highest BCUT2D eigenvalue weighted by Crippen LogP contribution is 2.50. The molecule has 2 aromatic rings. The molecule has 0 bridgehead atoms. The van der Waals surface area contributed by atoms with Crippen molar-refractivity contribution in [1.29, 1.82) is 0 Å². The molecule has 0 aromatic heterocycles. The molecule has 0 saturated carbocycles. The Kier molecular flexibility index (Phi) is 4.51. The van der Waals surface area contributed by atoms with E-state index in [-0.39, 0.29) is 5.91 Å². The van der Waals surface area contributed by atoms with Gasteiger partial charge in [-0.1, -0.05) is 32.9 Å². The highest BCUT2D eigenvalue weighted by molar-refractivity contribution is 9.10. The summed E-state index contributed by atoms with van der Waals surface area (Å²) >= 11 is 3.51. The summed E-state index contributed by atoms with van der Waals surface area (Å²) in [5.74, 6) is 1.10. The fraction of sp³-hybridized carbons (Fsp3) is 0.316. The molecule has 25 heavy (non-hydrogen) atoms. The first-order chi connectivity index (χ1) is 11.7. The van der Waals surface area contributed by atoms with Crippen LogP contribution in [0.3, 0.4) is 0 Å². The van der Waals surface area contributed by atoms with E-state index in [0.29, 0.717) is 27.2 Å². The van der Waals surface area contributed by atoms with Crippen molar-refractivity contribution in [1.82, 2.24) is 0 Å². The highest BCUT2D eigenvalue weighted by atomic mass is 79.9. The Labute approximate surface area is 155 Å². The van der Waals surface area contributed by atoms with Crippen molar-refractivity contribution in [2.24, 2.45) is 5.41 Å². The molecule has 132 valence electrons. The predicted octanol–water partition coefficient (Wildman–Crippen LogP) is 4.49. The Morgan fingerprint density at radius 3 is 2.64 bits per heavy atom. The summed E-state index contributed by atoms with van der Waals surface area (Å²) in [7, 11) is 1.59. The number of fused-ring (bicyclic) bond motifs is 3. The largest absolute Gasteiger partial charge is 0.496 e. The standard InChI is InChI=1S/C19H20BrNO4/c1-19(2,3)18(23)21-11-9-8-10-14-12(24-4)6-5-7-13(14)25-17(22)15(10)16(11)20/h5-9,17,22H,1-4H3,(H,21,23). The van der Waals surface area contributed by atoms with E-state index in [1.54, 1.807) is 19.2 Å². The molecule has 1 aliphatic rings. The molecule has 0 radical (unpaired) electrons. The van der Waals surface area contributed by atoms with E-state index < -0.39 is 11.7 Å². The molecule has 3 rings (SSSR count). The molecule has 1 heterocycles. The van der Waals surface area contributed by atoms with Crippen LogP contribution in [-0.2, 0) is 4.79 Å². The average Bonchev–Trinajstić information content (AvgIpc) is 2.55. The van der Waals surface area contributed by atoms with Gasteiger partial charge in [-0.2, -0.15) is 0 Å². The number of anilines is 1. The maximum atomic E-state index is 12.3. The second-order valence-electron chi connectivity index (χ2n) is 6.90. The minimum absolute atomic E-state index is 0.114. The van der Waals surface area contributed by atoms with Gasteiger partial charge in [-0.15, -0.1) is 0 Å². The first-order valence-corrected chi connectivity index (χ1v) is 8.69. The topological polar surface area (TPSA) is 67.8 Å². The fourth-order valence-corrected chi connectivity index (χ4v) is 3.32. The number of aliphatic hydroxyl groups excluding tert-OH is 1. The highest BCUT2D eigenvalue weighted by Gasteiger charge is 2.31. The molecular weight excluding hydrogens is 386 g/mol. The summed E-state index contributed by atoms with van der Waals surface area (Å²) in [5, 5.41) is 13.4. The fourth-order valence-electron chi connectivity index (χ4n) is 2.68. The number of benzene rings is 2. The van der Waals surface area contributed by atoms with Crippen LogP contribution in [0.2, 0.25) is 0 Å². The lowest BCUT2D eigenvalue weighted by Gasteiger charge is -2.28. The normalized spacial score (nSPS) is 15.7. The summed E-state index contributed by atoms with van der Waals surface area (Å²) in [6, 6.07) is 9.09. The number of hydrogen-bond donors (Lipinski definition) is 2. The van der Waals surface area contributed by atoms with Gasteiger partial charge in [-0.25, -0.2) is 0 Å². The van der Waals surface area contributed by atoms with Crippen LogP contribution in [0.4, 0.5) is 5.69 Å². The maximum absolute atomic E-state index is 12.3. The Hall–Kier alpha value is -2.05. The molecular formula is C19H20BrNO4. The Morgan fingerprint density at radius 2 is 2.00 bits per heavy atom. The second kappa shape index (κ2) is 6.35. The lowest BCUT2D eigenvalue weighted by molar-refractivity contribution is -0.123. The summed E-state index contributed by atoms with van der Waals surface area (Å²) in [5.41, 5.74) is 2.19. The molecule has 0 aliphatic carbocycles. The van der Waals surface area contributed by atoms with Crippen LogP contribution in [0.5, 0.6) is 11.5 Å². The van der Waals surface area contributed by atoms with Gasteiger partial charge in [0.25, 0.3) is 0 Å². The van der Waals surface area contributed by atoms with Gasteiger partial charge in [-0.05, 0) is 39.7 Å². The van der Waals surface area contributed by atoms with Crippen LogP contribution in [0.25, 0.3) is 11.1 Å². The van der Waals surface area contributed by atoms with Crippen molar-refractivity contribution < 1.29 is 19.4 Å². The minimum atomic E-state index is -1.14. The third kappa shape index (κ3) is 3.12. The SMILES string of the molecule is COc1cccc2c1-c1ccc(NC(=O)C(C)(C)C)c(Br)c1C(O)O2. The predicted molar refractivity (Wildman–Crippen MR) is 99.8 cm³/mol. The molecule has 0 saturated heterocycles. The molecule has 1 aliphatic heterocycles. The molecule has 6 heteroatoms. The zero-order valence-corrected chi connectivity index (χ0v) is 16.1.